The molecular weight excluding hydrogens is 411 g/mol. The Labute approximate surface area is 186 Å². The van der Waals surface area contributed by atoms with Gasteiger partial charge in [-0.3, -0.25) is 9.89 Å². The van der Waals surface area contributed by atoms with Gasteiger partial charge in [-0.1, -0.05) is 6.07 Å². The smallest absolute Gasteiger partial charge is 0.414 e. The number of anilines is 2. The predicted molar refractivity (Wildman–Crippen MR) is 121 cm³/mol. The summed E-state index contributed by atoms with van der Waals surface area (Å²) in [6.45, 7) is 8.56. The molecule has 32 heavy (non-hydrogen) atoms. The van der Waals surface area contributed by atoms with Crippen molar-refractivity contribution >= 4 is 17.6 Å². The fourth-order valence-corrected chi connectivity index (χ4v) is 3.84. The van der Waals surface area contributed by atoms with E-state index in [0.29, 0.717) is 29.8 Å². The molecule has 0 saturated heterocycles. The van der Waals surface area contributed by atoms with Crippen LogP contribution in [0.5, 0.6) is 0 Å². The number of benzene rings is 1. The Balaban J connectivity index is 1.89. The zero-order valence-corrected chi connectivity index (χ0v) is 19.2. The molecule has 1 N–H and O–H groups in total. The molecule has 0 aliphatic carbocycles. The molecule has 0 aromatic heterocycles. The predicted octanol–water partition coefficient (Wildman–Crippen LogP) is 3.82. The van der Waals surface area contributed by atoms with Gasteiger partial charge in [-0.25, -0.2) is 14.2 Å². The van der Waals surface area contributed by atoms with Gasteiger partial charge in [0, 0.05) is 50.1 Å². The van der Waals surface area contributed by atoms with E-state index in [0.717, 1.165) is 22.8 Å². The second-order valence-corrected chi connectivity index (χ2v) is 8.79. The molecule has 9 heteroatoms. The summed E-state index contributed by atoms with van der Waals surface area (Å²) in [4.78, 5) is 26.6. The number of halogens is 1. The first-order valence-corrected chi connectivity index (χ1v) is 10.4. The Hall–Kier alpha value is -3.49. The van der Waals surface area contributed by atoms with E-state index in [9.17, 15) is 4.79 Å². The van der Waals surface area contributed by atoms with Crippen molar-refractivity contribution < 1.29 is 13.9 Å². The van der Waals surface area contributed by atoms with Gasteiger partial charge in [0.1, 0.15) is 17.2 Å². The van der Waals surface area contributed by atoms with E-state index in [1.54, 1.807) is 46.1 Å². The van der Waals surface area contributed by atoms with Gasteiger partial charge in [0.2, 0.25) is 5.62 Å². The fourth-order valence-electron chi connectivity index (χ4n) is 3.84. The lowest BCUT2D eigenvalue weighted by atomic mass is 9.97. The quantitative estimate of drug-likeness (QED) is 0.657. The summed E-state index contributed by atoms with van der Waals surface area (Å²) in [7, 11) is 3.15. The van der Waals surface area contributed by atoms with Crippen molar-refractivity contribution in [1.82, 2.24) is 14.5 Å². The maximum Gasteiger partial charge on any atom is 0.414 e. The summed E-state index contributed by atoms with van der Waals surface area (Å²) in [6.07, 6.45) is 1.08. The molecule has 0 fully saturated rings. The van der Waals surface area contributed by atoms with Crippen molar-refractivity contribution in [2.45, 2.75) is 39.8 Å². The molecule has 0 unspecified atom stereocenters. The van der Waals surface area contributed by atoms with Gasteiger partial charge < -0.3 is 14.6 Å². The fraction of sp³-hybridized carbons (Fsp3) is 0.391. The van der Waals surface area contributed by atoms with Crippen LogP contribution in [0.25, 0.3) is 22.5 Å². The van der Waals surface area contributed by atoms with Crippen molar-refractivity contribution in [1.29, 1.82) is 0 Å². The van der Waals surface area contributed by atoms with E-state index < -0.39 is 17.5 Å². The number of nitrogens with zero attached hydrogens (tertiary/aromatic N) is 5. The van der Waals surface area contributed by atoms with E-state index in [1.165, 1.54) is 11.9 Å². The minimum absolute atomic E-state index is 0.146. The Morgan fingerprint density at radius 2 is 2.09 bits per heavy atom. The number of hydrogen-bond donors (Lipinski definition) is 1. The zero-order chi connectivity index (χ0) is 23.2. The largest absolute Gasteiger partial charge is 0.443 e. The van der Waals surface area contributed by atoms with Crippen LogP contribution in [0, 0.1) is 12.7 Å². The maximum atomic E-state index is 15.9. The van der Waals surface area contributed by atoms with Gasteiger partial charge in [-0.2, -0.15) is 4.98 Å². The second kappa shape index (κ2) is 7.89. The summed E-state index contributed by atoms with van der Waals surface area (Å²) >= 11 is 0. The van der Waals surface area contributed by atoms with E-state index in [-0.39, 0.29) is 5.69 Å². The summed E-state index contributed by atoms with van der Waals surface area (Å²) in [6, 6.07) is 5.28. The van der Waals surface area contributed by atoms with Crippen LogP contribution in [0.3, 0.4) is 0 Å². The van der Waals surface area contributed by atoms with Gasteiger partial charge >= 0.3 is 6.09 Å². The molecule has 0 saturated carbocycles. The summed E-state index contributed by atoms with van der Waals surface area (Å²) in [5.41, 5.74) is 2.50. The van der Waals surface area contributed by atoms with Crippen molar-refractivity contribution in [3.05, 3.63) is 41.4 Å². The van der Waals surface area contributed by atoms with Crippen molar-refractivity contribution in [2.75, 3.05) is 30.9 Å². The normalized spacial score (nSPS) is 13.8. The first-order valence-electron chi connectivity index (χ1n) is 10.4. The SMILES string of the molecule is CN=c1ncc2cc(-c3c(C)ccc(N(C)C(=O)OC(C)(C)C)c3F)c3n(c-2n1)CCN3. The van der Waals surface area contributed by atoms with E-state index in [2.05, 4.69) is 20.3 Å². The summed E-state index contributed by atoms with van der Waals surface area (Å²) < 4.78 is 23.4. The molecule has 0 spiro atoms. The minimum Gasteiger partial charge on any atom is -0.443 e. The number of carbonyl (C=O) groups excluding carboxylic acids is 1. The number of fused-ring (bicyclic) bond motifs is 3. The number of amides is 1. The first kappa shape index (κ1) is 21.7. The third-order valence-corrected chi connectivity index (χ3v) is 5.32. The van der Waals surface area contributed by atoms with Crippen molar-refractivity contribution in [3.63, 3.8) is 0 Å². The number of pyridine rings is 1. The van der Waals surface area contributed by atoms with Crippen LogP contribution in [0.2, 0.25) is 0 Å². The van der Waals surface area contributed by atoms with E-state index in [4.69, 9.17) is 4.74 Å². The van der Waals surface area contributed by atoms with Crippen LogP contribution < -0.4 is 15.8 Å². The van der Waals surface area contributed by atoms with E-state index in [1.807, 2.05) is 17.6 Å². The average Bonchev–Trinajstić information content (AvgIpc) is 3.22. The highest BCUT2D eigenvalue weighted by Gasteiger charge is 2.28. The second-order valence-electron chi connectivity index (χ2n) is 8.79. The standard InChI is InChI=1S/C23H27FN6O2/c1-13-7-8-16(29(6)22(31)32-23(2,3)4)18(24)17(13)15-11-14-12-27-21(25-5)28-19(14)30-10-9-26-20(15)30/h7-8,11-12,26H,9-10H2,1-6H3. The molecule has 8 nitrogen and oxygen atoms in total. The van der Waals surface area contributed by atoms with Crippen LogP contribution in [0.4, 0.5) is 20.7 Å². The summed E-state index contributed by atoms with van der Waals surface area (Å²) in [5.74, 6) is 1.03. The van der Waals surface area contributed by atoms with Gasteiger partial charge in [0.25, 0.3) is 0 Å². The molecular formula is C23H27FN6O2. The topological polar surface area (TPSA) is 84.6 Å². The molecule has 1 amide bonds. The molecule has 0 atom stereocenters. The number of aryl methyl sites for hydroxylation is 1. The number of hydrogen-bond acceptors (Lipinski definition) is 6. The monoisotopic (exact) mass is 438 g/mol. The van der Waals surface area contributed by atoms with Gasteiger partial charge in [-0.05, 0) is 45.4 Å². The maximum absolute atomic E-state index is 15.9. The zero-order valence-electron chi connectivity index (χ0n) is 19.2. The van der Waals surface area contributed by atoms with Crippen LogP contribution in [0.15, 0.2) is 29.4 Å². The highest BCUT2D eigenvalue weighted by Crippen LogP contribution is 2.41. The van der Waals surface area contributed by atoms with Crippen LogP contribution in [-0.4, -0.2) is 46.9 Å². The highest BCUT2D eigenvalue weighted by atomic mass is 19.1. The Kier molecular flexibility index (Phi) is 5.36. The highest BCUT2D eigenvalue weighted by molar-refractivity contribution is 5.91. The molecule has 3 heterocycles. The molecule has 3 aliphatic heterocycles. The number of ether oxygens (including phenoxy) is 1. The first-order chi connectivity index (χ1) is 15.1. The Morgan fingerprint density at radius 1 is 1.34 bits per heavy atom. The van der Waals surface area contributed by atoms with Crippen LogP contribution >= 0.6 is 0 Å². The number of aromatic nitrogens is 3. The van der Waals surface area contributed by atoms with Crippen LogP contribution in [-0.2, 0) is 11.3 Å². The molecule has 0 bridgehead atoms. The molecule has 1 aromatic carbocycles. The number of nitrogens with one attached hydrogen (secondary N) is 1. The molecule has 4 rings (SSSR count). The third kappa shape index (κ3) is 3.79. The third-order valence-electron chi connectivity index (χ3n) is 5.32. The lowest BCUT2D eigenvalue weighted by Crippen LogP contribution is -2.34. The molecule has 3 aliphatic rings. The average molecular weight is 439 g/mol. The van der Waals surface area contributed by atoms with Gasteiger partial charge in [-0.15, -0.1) is 0 Å². The minimum atomic E-state index is -0.682. The van der Waals surface area contributed by atoms with Crippen molar-refractivity contribution in [2.24, 2.45) is 4.99 Å². The van der Waals surface area contributed by atoms with Gasteiger partial charge in [0.15, 0.2) is 5.82 Å². The van der Waals surface area contributed by atoms with Crippen LogP contribution in [0.1, 0.15) is 26.3 Å². The number of carbonyl (C=O) groups is 1. The molecule has 0 radical (unpaired) electrons. The summed E-state index contributed by atoms with van der Waals surface area (Å²) in [5, 5.41) is 3.35. The number of rotatable bonds is 2. The lowest BCUT2D eigenvalue weighted by molar-refractivity contribution is 0.0588. The Morgan fingerprint density at radius 3 is 2.78 bits per heavy atom. The van der Waals surface area contributed by atoms with Crippen molar-refractivity contribution in [3.8, 4) is 22.5 Å². The Bertz CT molecular complexity index is 1240. The van der Waals surface area contributed by atoms with E-state index >= 15 is 4.39 Å². The van der Waals surface area contributed by atoms with Gasteiger partial charge in [0.05, 0.1) is 5.69 Å². The molecule has 168 valence electrons. The molecule has 1 aromatic rings. The lowest BCUT2D eigenvalue weighted by Gasteiger charge is -2.26.